The highest BCUT2D eigenvalue weighted by molar-refractivity contribution is 7.14. The third-order valence-electron chi connectivity index (χ3n) is 3.54. The molecule has 0 spiro atoms. The molecule has 3 rings (SSSR count). The number of para-hydroxylation sites is 2. The Hall–Kier alpha value is -3.26. The summed E-state index contributed by atoms with van der Waals surface area (Å²) in [5.74, 6) is -0.388. The second-order valence-corrected chi connectivity index (χ2v) is 6.24. The monoisotopic (exact) mass is 369 g/mol. The number of aromatic nitrogens is 1. The smallest absolute Gasteiger partial charge is 0.310 e. The number of carbonyl (C=O) groups excluding carboxylic acids is 1. The predicted octanol–water partition coefficient (Wildman–Crippen LogP) is 4.12. The van der Waals surface area contributed by atoms with E-state index in [2.05, 4.69) is 10.3 Å². The van der Waals surface area contributed by atoms with Gasteiger partial charge in [-0.2, -0.15) is 0 Å². The van der Waals surface area contributed by atoms with Gasteiger partial charge in [-0.25, -0.2) is 4.98 Å². The molecular formula is C18H15N3O4S. The first-order valence-corrected chi connectivity index (χ1v) is 8.64. The summed E-state index contributed by atoms with van der Waals surface area (Å²) in [6.07, 6.45) is -0.917. The molecule has 0 radical (unpaired) electrons. The van der Waals surface area contributed by atoms with Crippen LogP contribution >= 0.6 is 11.3 Å². The number of ether oxygens (including phenoxy) is 1. The lowest BCUT2D eigenvalue weighted by Gasteiger charge is -2.13. The Morgan fingerprint density at radius 3 is 2.62 bits per heavy atom. The van der Waals surface area contributed by atoms with Crippen LogP contribution in [0.15, 0.2) is 60.0 Å². The summed E-state index contributed by atoms with van der Waals surface area (Å²) in [6, 6.07) is 15.5. The van der Waals surface area contributed by atoms with E-state index in [9.17, 15) is 14.9 Å². The first kappa shape index (κ1) is 17.6. The van der Waals surface area contributed by atoms with Crippen LogP contribution in [0.1, 0.15) is 6.92 Å². The molecule has 26 heavy (non-hydrogen) atoms. The van der Waals surface area contributed by atoms with Crippen molar-refractivity contribution in [3.05, 3.63) is 70.1 Å². The summed E-state index contributed by atoms with van der Waals surface area (Å²) in [7, 11) is 0. The average molecular weight is 369 g/mol. The van der Waals surface area contributed by atoms with E-state index in [1.54, 1.807) is 6.07 Å². The van der Waals surface area contributed by atoms with Crippen LogP contribution in [0.4, 0.5) is 10.8 Å². The van der Waals surface area contributed by atoms with Gasteiger partial charge in [0.2, 0.25) is 0 Å². The third kappa shape index (κ3) is 4.04. The van der Waals surface area contributed by atoms with Crippen LogP contribution < -0.4 is 10.1 Å². The molecule has 0 saturated heterocycles. The Labute approximate surface area is 153 Å². The molecule has 0 fully saturated rings. The minimum atomic E-state index is -0.917. The van der Waals surface area contributed by atoms with Crippen molar-refractivity contribution < 1.29 is 14.5 Å². The van der Waals surface area contributed by atoms with E-state index < -0.39 is 16.9 Å². The summed E-state index contributed by atoms with van der Waals surface area (Å²) < 4.78 is 5.46. The Bertz CT molecular complexity index is 927. The average Bonchev–Trinajstić information content (AvgIpc) is 3.11. The number of nitrogens with zero attached hydrogens (tertiary/aromatic N) is 2. The molecule has 1 aromatic heterocycles. The maximum absolute atomic E-state index is 12.3. The van der Waals surface area contributed by atoms with E-state index in [-0.39, 0.29) is 11.4 Å². The zero-order valence-corrected chi connectivity index (χ0v) is 14.6. The molecule has 0 unspecified atom stereocenters. The van der Waals surface area contributed by atoms with Gasteiger partial charge in [-0.05, 0) is 13.0 Å². The number of nitrogens with one attached hydrogen (secondary N) is 1. The highest BCUT2D eigenvalue weighted by Crippen LogP contribution is 2.28. The quantitative estimate of drug-likeness (QED) is 0.521. The molecule has 3 aromatic rings. The van der Waals surface area contributed by atoms with Crippen molar-refractivity contribution in [2.24, 2.45) is 0 Å². The van der Waals surface area contributed by atoms with E-state index in [0.29, 0.717) is 5.13 Å². The second-order valence-electron chi connectivity index (χ2n) is 5.38. The van der Waals surface area contributed by atoms with Gasteiger partial charge in [-0.1, -0.05) is 42.5 Å². The standard InChI is InChI=1S/C18H15N3O4S/c1-12(25-16-10-6-5-9-15(16)21(23)24)17(22)20-18-19-14(11-26-18)13-7-3-2-4-8-13/h2-12H,1H3,(H,19,20,22)/t12-/m0/s1. The van der Waals surface area contributed by atoms with Crippen LogP contribution in [0.3, 0.4) is 0 Å². The van der Waals surface area contributed by atoms with Gasteiger partial charge in [0.05, 0.1) is 10.6 Å². The van der Waals surface area contributed by atoms with E-state index in [0.717, 1.165) is 11.3 Å². The molecule has 0 aliphatic carbocycles. The first-order chi connectivity index (χ1) is 12.5. The number of amides is 1. The van der Waals surface area contributed by atoms with Gasteiger partial charge in [-0.3, -0.25) is 20.2 Å². The van der Waals surface area contributed by atoms with Crippen LogP contribution in [-0.4, -0.2) is 21.9 Å². The van der Waals surface area contributed by atoms with Crippen LogP contribution in [0, 0.1) is 10.1 Å². The molecule has 0 aliphatic heterocycles. The van der Waals surface area contributed by atoms with Gasteiger partial charge in [0, 0.05) is 17.0 Å². The van der Waals surface area contributed by atoms with E-state index in [4.69, 9.17) is 4.74 Å². The summed E-state index contributed by atoms with van der Waals surface area (Å²) in [4.78, 5) is 27.2. The van der Waals surface area contributed by atoms with Crippen molar-refractivity contribution in [1.82, 2.24) is 4.98 Å². The number of anilines is 1. The third-order valence-corrected chi connectivity index (χ3v) is 4.30. The van der Waals surface area contributed by atoms with Crippen molar-refractivity contribution in [3.8, 4) is 17.0 Å². The van der Waals surface area contributed by atoms with Gasteiger partial charge in [0.1, 0.15) is 0 Å². The zero-order valence-electron chi connectivity index (χ0n) is 13.8. The molecule has 8 heteroatoms. The highest BCUT2D eigenvalue weighted by Gasteiger charge is 2.21. The summed E-state index contributed by atoms with van der Waals surface area (Å²) in [6.45, 7) is 1.53. The molecule has 0 aliphatic rings. The lowest BCUT2D eigenvalue weighted by molar-refractivity contribution is -0.386. The van der Waals surface area contributed by atoms with Gasteiger partial charge in [0.25, 0.3) is 5.91 Å². The second kappa shape index (κ2) is 7.75. The number of hydrogen-bond donors (Lipinski definition) is 1. The minimum Gasteiger partial charge on any atom is -0.474 e. The van der Waals surface area contributed by atoms with Crippen molar-refractivity contribution >= 4 is 28.1 Å². The Kier molecular flexibility index (Phi) is 5.23. The highest BCUT2D eigenvalue weighted by atomic mass is 32.1. The number of nitro benzene ring substituents is 1. The zero-order chi connectivity index (χ0) is 18.5. The van der Waals surface area contributed by atoms with Gasteiger partial charge in [0.15, 0.2) is 17.0 Å². The summed E-state index contributed by atoms with van der Waals surface area (Å²) >= 11 is 1.30. The maximum atomic E-state index is 12.3. The number of nitro groups is 1. The van der Waals surface area contributed by atoms with Crippen LogP contribution in [0.25, 0.3) is 11.3 Å². The summed E-state index contributed by atoms with van der Waals surface area (Å²) in [5.41, 5.74) is 1.53. The molecule has 132 valence electrons. The number of benzene rings is 2. The van der Waals surface area contributed by atoms with Crippen LogP contribution in [-0.2, 0) is 4.79 Å². The fraction of sp³-hybridized carbons (Fsp3) is 0.111. The molecule has 1 atom stereocenters. The molecular weight excluding hydrogens is 354 g/mol. The Morgan fingerprint density at radius 2 is 1.88 bits per heavy atom. The van der Waals surface area contributed by atoms with E-state index in [1.165, 1.54) is 36.5 Å². The Morgan fingerprint density at radius 1 is 1.19 bits per heavy atom. The molecule has 2 aromatic carbocycles. The lowest BCUT2D eigenvalue weighted by Crippen LogP contribution is -2.30. The van der Waals surface area contributed by atoms with E-state index >= 15 is 0 Å². The van der Waals surface area contributed by atoms with Gasteiger partial charge in [-0.15, -0.1) is 11.3 Å². The molecule has 0 saturated carbocycles. The maximum Gasteiger partial charge on any atom is 0.310 e. The van der Waals surface area contributed by atoms with Crippen LogP contribution in [0.2, 0.25) is 0 Å². The fourth-order valence-corrected chi connectivity index (χ4v) is 2.95. The largest absolute Gasteiger partial charge is 0.474 e. The minimum absolute atomic E-state index is 0.0456. The van der Waals surface area contributed by atoms with Crippen molar-refractivity contribution in [2.45, 2.75) is 13.0 Å². The number of hydrogen-bond acceptors (Lipinski definition) is 6. The molecule has 1 amide bonds. The van der Waals surface area contributed by atoms with Crippen molar-refractivity contribution in [1.29, 1.82) is 0 Å². The number of rotatable bonds is 6. The van der Waals surface area contributed by atoms with Crippen molar-refractivity contribution in [2.75, 3.05) is 5.32 Å². The normalized spacial score (nSPS) is 11.6. The number of carbonyl (C=O) groups is 1. The van der Waals surface area contributed by atoms with E-state index in [1.807, 2.05) is 35.7 Å². The number of thiazole rings is 1. The Balaban J connectivity index is 1.67. The first-order valence-electron chi connectivity index (χ1n) is 7.76. The fourth-order valence-electron chi connectivity index (χ4n) is 2.23. The molecule has 7 nitrogen and oxygen atoms in total. The topological polar surface area (TPSA) is 94.4 Å². The molecule has 1 N–H and O–H groups in total. The summed E-state index contributed by atoms with van der Waals surface area (Å²) in [5, 5.41) is 16.0. The van der Waals surface area contributed by atoms with Crippen molar-refractivity contribution in [3.63, 3.8) is 0 Å². The van der Waals surface area contributed by atoms with Crippen LogP contribution in [0.5, 0.6) is 5.75 Å². The SMILES string of the molecule is C[C@H](Oc1ccccc1[N+](=O)[O-])C(=O)Nc1nc(-c2ccccc2)cs1. The van der Waals surface area contributed by atoms with Gasteiger partial charge >= 0.3 is 5.69 Å². The molecule has 0 bridgehead atoms. The van der Waals surface area contributed by atoms with Gasteiger partial charge < -0.3 is 4.74 Å². The predicted molar refractivity (Wildman–Crippen MR) is 99.4 cm³/mol. The lowest BCUT2D eigenvalue weighted by atomic mass is 10.2. The molecule has 1 heterocycles.